The van der Waals surface area contributed by atoms with E-state index >= 15 is 0 Å². The molecule has 1 aromatic heterocycles. The monoisotopic (exact) mass is 324 g/mol. The Morgan fingerprint density at radius 1 is 1.35 bits per heavy atom. The van der Waals surface area contributed by atoms with Gasteiger partial charge >= 0.3 is 0 Å². The number of aromatic nitrogens is 2. The molecule has 2 aliphatic rings. The first-order valence-corrected chi connectivity index (χ1v) is 7.00. The predicted octanol–water partition coefficient (Wildman–Crippen LogP) is 1.83. The molecule has 0 saturated carbocycles. The lowest BCUT2D eigenvalue weighted by atomic mass is 10.1. The van der Waals surface area contributed by atoms with Crippen LogP contribution >= 0.6 is 27.3 Å². The average molecular weight is 325 g/mol. The van der Waals surface area contributed by atoms with Crippen molar-refractivity contribution in [3.63, 3.8) is 0 Å². The Bertz CT molecular complexity index is 421. The molecule has 0 aliphatic carbocycles. The average Bonchev–Trinajstić information content (AvgIpc) is 2.71. The van der Waals surface area contributed by atoms with Crippen molar-refractivity contribution in [1.82, 2.24) is 15.1 Å². The highest BCUT2D eigenvalue weighted by Gasteiger charge is 2.44. The van der Waals surface area contributed by atoms with Crippen LogP contribution in [0.3, 0.4) is 0 Å². The van der Waals surface area contributed by atoms with E-state index in [1.165, 1.54) is 11.3 Å². The lowest BCUT2D eigenvalue weighted by Gasteiger charge is -2.43. The summed E-state index contributed by atoms with van der Waals surface area (Å²) in [4.78, 5) is 3.95. The number of hydrogen-bond donors (Lipinski definition) is 0. The molecular weight excluding hydrogens is 314 g/mol. The van der Waals surface area contributed by atoms with Gasteiger partial charge in [0.15, 0.2) is 3.92 Å². The Kier molecular flexibility index (Phi) is 2.83. The molecule has 0 radical (unpaired) electrons. The van der Waals surface area contributed by atoms with Gasteiger partial charge in [-0.15, -0.1) is 10.2 Å². The molecule has 0 N–H and O–H groups in total. The number of likely N-dealkylation sites (tertiary alicyclic amines) is 1. The lowest BCUT2D eigenvalue weighted by Crippen LogP contribution is -2.59. The van der Waals surface area contributed by atoms with E-state index in [1.807, 2.05) is 4.90 Å². The van der Waals surface area contributed by atoms with Crippen LogP contribution < -0.4 is 4.90 Å². The van der Waals surface area contributed by atoms with Crippen molar-refractivity contribution in [2.45, 2.75) is 18.4 Å². The van der Waals surface area contributed by atoms with Gasteiger partial charge in [-0.2, -0.15) is 0 Å². The van der Waals surface area contributed by atoms with Gasteiger partial charge in [-0.1, -0.05) is 11.3 Å². The van der Waals surface area contributed by atoms with Gasteiger partial charge in [0, 0.05) is 32.1 Å². The van der Waals surface area contributed by atoms with Crippen LogP contribution in [0.5, 0.6) is 0 Å². The second-order valence-corrected chi connectivity index (χ2v) is 6.70. The van der Waals surface area contributed by atoms with Crippen molar-refractivity contribution in [3.8, 4) is 0 Å². The zero-order chi connectivity index (χ0) is 12.0. The first-order valence-electron chi connectivity index (χ1n) is 5.39. The van der Waals surface area contributed by atoms with E-state index in [4.69, 9.17) is 0 Å². The molecule has 17 heavy (non-hydrogen) atoms. The fourth-order valence-electron chi connectivity index (χ4n) is 2.24. The zero-order valence-corrected chi connectivity index (χ0v) is 11.3. The summed E-state index contributed by atoms with van der Waals surface area (Å²) in [6.07, 6.45) is -0.00610. The van der Waals surface area contributed by atoms with Crippen molar-refractivity contribution in [2.75, 3.05) is 31.1 Å². The molecule has 0 atom stereocenters. The fourth-order valence-corrected chi connectivity index (χ4v) is 3.35. The van der Waals surface area contributed by atoms with E-state index in [-0.39, 0.29) is 19.0 Å². The van der Waals surface area contributed by atoms with E-state index < -0.39 is 5.92 Å². The topological polar surface area (TPSA) is 32.3 Å². The van der Waals surface area contributed by atoms with Gasteiger partial charge in [0.1, 0.15) is 0 Å². The molecule has 0 amide bonds. The summed E-state index contributed by atoms with van der Waals surface area (Å²) >= 11 is 4.73. The first-order chi connectivity index (χ1) is 8.03. The maximum absolute atomic E-state index is 13.1. The minimum atomic E-state index is -2.49. The Balaban J connectivity index is 1.55. The third-order valence-corrected chi connectivity index (χ3v) is 4.65. The van der Waals surface area contributed by atoms with Gasteiger partial charge in [0.05, 0.1) is 6.54 Å². The molecule has 2 aliphatic heterocycles. The highest BCUT2D eigenvalue weighted by Crippen LogP contribution is 2.33. The largest absolute Gasteiger partial charge is 0.343 e. The fraction of sp³-hybridized carbons (Fsp3) is 0.778. The van der Waals surface area contributed by atoms with Crippen LogP contribution in [0.4, 0.5) is 13.9 Å². The van der Waals surface area contributed by atoms with E-state index in [1.54, 1.807) is 0 Å². The third kappa shape index (κ3) is 2.30. The van der Waals surface area contributed by atoms with Gasteiger partial charge in [-0.05, 0) is 15.9 Å². The summed E-state index contributed by atoms with van der Waals surface area (Å²) in [6.45, 7) is 1.96. The Morgan fingerprint density at radius 3 is 2.65 bits per heavy atom. The lowest BCUT2D eigenvalue weighted by molar-refractivity contribution is 0.00603. The maximum Gasteiger partial charge on any atom is 0.261 e. The third-order valence-electron chi connectivity index (χ3n) is 3.24. The predicted molar refractivity (Wildman–Crippen MR) is 64.7 cm³/mol. The Labute approximate surface area is 110 Å². The quantitative estimate of drug-likeness (QED) is 0.830. The minimum absolute atomic E-state index is 0.00610. The number of hydrogen-bond acceptors (Lipinski definition) is 5. The number of alkyl halides is 2. The van der Waals surface area contributed by atoms with Crippen molar-refractivity contribution >= 4 is 32.4 Å². The molecule has 1 aromatic rings. The zero-order valence-electron chi connectivity index (χ0n) is 8.94. The molecule has 94 valence electrons. The first kappa shape index (κ1) is 11.7. The SMILES string of the molecule is FC1(F)CCN(C2CN(c3nnc(Br)s3)C2)C1. The Hall–Kier alpha value is -0.340. The highest BCUT2D eigenvalue weighted by molar-refractivity contribution is 9.11. The van der Waals surface area contributed by atoms with Gasteiger partial charge < -0.3 is 4.90 Å². The number of nitrogens with zero attached hydrogens (tertiary/aromatic N) is 4. The summed E-state index contributed by atoms with van der Waals surface area (Å²) in [5.74, 6) is -2.49. The molecule has 2 fully saturated rings. The van der Waals surface area contributed by atoms with Crippen LogP contribution in [0.2, 0.25) is 0 Å². The molecule has 0 unspecified atom stereocenters. The molecule has 0 spiro atoms. The molecule has 3 rings (SSSR count). The maximum atomic E-state index is 13.1. The molecule has 3 heterocycles. The van der Waals surface area contributed by atoms with E-state index in [2.05, 4.69) is 31.0 Å². The number of anilines is 1. The second kappa shape index (κ2) is 4.10. The summed E-state index contributed by atoms with van der Waals surface area (Å²) in [5, 5.41) is 8.74. The van der Waals surface area contributed by atoms with Crippen molar-refractivity contribution < 1.29 is 8.78 Å². The highest BCUT2D eigenvalue weighted by atomic mass is 79.9. The van der Waals surface area contributed by atoms with Crippen LogP contribution in [0.1, 0.15) is 6.42 Å². The molecule has 2 saturated heterocycles. The van der Waals surface area contributed by atoms with Gasteiger partial charge in [0.2, 0.25) is 5.13 Å². The van der Waals surface area contributed by atoms with Crippen LogP contribution in [0, 0.1) is 0 Å². The Morgan fingerprint density at radius 2 is 2.12 bits per heavy atom. The van der Waals surface area contributed by atoms with Crippen molar-refractivity contribution in [3.05, 3.63) is 3.92 Å². The van der Waals surface area contributed by atoms with Crippen LogP contribution in [-0.4, -0.2) is 53.2 Å². The van der Waals surface area contributed by atoms with Crippen LogP contribution in [0.15, 0.2) is 3.92 Å². The number of rotatable bonds is 2. The second-order valence-electron chi connectivity index (χ2n) is 4.47. The van der Waals surface area contributed by atoms with Gasteiger partial charge in [-0.3, -0.25) is 4.90 Å². The molecule has 0 aromatic carbocycles. The summed E-state index contributed by atoms with van der Waals surface area (Å²) < 4.78 is 26.9. The van der Waals surface area contributed by atoms with E-state index in [0.29, 0.717) is 6.54 Å². The normalized spacial score (nSPS) is 25.2. The summed E-state index contributed by atoms with van der Waals surface area (Å²) in [5.41, 5.74) is 0. The van der Waals surface area contributed by atoms with Crippen LogP contribution in [-0.2, 0) is 0 Å². The smallest absolute Gasteiger partial charge is 0.261 e. The van der Waals surface area contributed by atoms with Crippen molar-refractivity contribution in [2.24, 2.45) is 0 Å². The molecule has 8 heteroatoms. The van der Waals surface area contributed by atoms with E-state index in [9.17, 15) is 8.78 Å². The molecule has 4 nitrogen and oxygen atoms in total. The van der Waals surface area contributed by atoms with Crippen LogP contribution in [0.25, 0.3) is 0 Å². The van der Waals surface area contributed by atoms with Gasteiger partial charge in [-0.25, -0.2) is 8.78 Å². The summed E-state index contributed by atoms with van der Waals surface area (Å²) in [6, 6.07) is 0.242. The molecular formula is C9H11BrF2N4S. The number of halogens is 3. The van der Waals surface area contributed by atoms with Crippen molar-refractivity contribution in [1.29, 1.82) is 0 Å². The standard InChI is InChI=1S/C9H11BrF2N4S/c10-7-13-14-8(17-7)16-3-6(4-16)15-2-1-9(11,12)5-15/h6H,1-5H2. The van der Waals surface area contributed by atoms with Gasteiger partial charge in [0.25, 0.3) is 5.92 Å². The summed E-state index contributed by atoms with van der Waals surface area (Å²) in [7, 11) is 0. The molecule has 0 bridgehead atoms. The van der Waals surface area contributed by atoms with E-state index in [0.717, 1.165) is 22.1 Å². The minimum Gasteiger partial charge on any atom is -0.343 e.